The fourth-order valence-corrected chi connectivity index (χ4v) is 10.4. The molecule has 4 atom stereocenters. The molecule has 0 unspecified atom stereocenters. The maximum absolute atomic E-state index is 14.2. The first-order valence-corrected chi connectivity index (χ1v) is 26.9. The number of nitrogens with two attached hydrogens (primary N) is 1. The van der Waals surface area contributed by atoms with E-state index < -0.39 is 47.3 Å². The van der Waals surface area contributed by atoms with Crippen LogP contribution in [0.25, 0.3) is 0 Å². The number of nitrogens with zero attached hydrogens (tertiary/aromatic N) is 4. The van der Waals surface area contributed by atoms with E-state index in [1.54, 1.807) is 14.7 Å². The van der Waals surface area contributed by atoms with E-state index in [9.17, 15) is 28.8 Å². The van der Waals surface area contributed by atoms with Crippen LogP contribution in [0.3, 0.4) is 0 Å². The molecule has 2 saturated heterocycles. The third kappa shape index (κ3) is 14.7. The summed E-state index contributed by atoms with van der Waals surface area (Å²) in [6.45, 7) is 0.534. The van der Waals surface area contributed by atoms with Crippen molar-refractivity contribution in [3.63, 3.8) is 0 Å². The van der Waals surface area contributed by atoms with E-state index in [4.69, 9.17) is 26.8 Å². The predicted molar refractivity (Wildman–Crippen MR) is 315 cm³/mol. The highest BCUT2D eigenvalue weighted by Gasteiger charge is 2.45. The van der Waals surface area contributed by atoms with Crippen molar-refractivity contribution in [2.75, 3.05) is 37.1 Å². The van der Waals surface area contributed by atoms with Gasteiger partial charge in [-0.15, -0.1) is 0 Å². The summed E-state index contributed by atoms with van der Waals surface area (Å²) in [7, 11) is 2.65. The van der Waals surface area contributed by atoms with Crippen molar-refractivity contribution >= 4 is 69.5 Å². The van der Waals surface area contributed by atoms with Crippen LogP contribution in [-0.2, 0) is 28.7 Å². The average molecular weight is 1100 g/mol. The third-order valence-corrected chi connectivity index (χ3v) is 14.1. The molecule has 0 saturated carbocycles. The number of hydrogen-bond donors (Lipinski definition) is 2. The number of ether oxygens (including phenoxy) is 2. The lowest BCUT2D eigenvalue weighted by Gasteiger charge is -2.28. The summed E-state index contributed by atoms with van der Waals surface area (Å²) in [6, 6.07) is 73.1. The molecule has 15 heteroatoms. The van der Waals surface area contributed by atoms with Gasteiger partial charge in [0, 0.05) is 25.6 Å². The molecule has 0 bridgehead atoms. The van der Waals surface area contributed by atoms with E-state index in [-0.39, 0.29) is 36.9 Å². The molecule has 2 aliphatic rings. The summed E-state index contributed by atoms with van der Waals surface area (Å²) in [5.74, 6) is -2.34. The highest BCUT2D eigenvalue weighted by Crippen LogP contribution is 2.34. The molecule has 10 rings (SSSR count). The van der Waals surface area contributed by atoms with Crippen LogP contribution in [0.2, 0.25) is 0 Å². The number of nitrogens with one attached hydrogen (secondary N) is 1. The number of urea groups is 1. The van der Waals surface area contributed by atoms with Gasteiger partial charge < -0.3 is 30.3 Å². The van der Waals surface area contributed by atoms with Gasteiger partial charge in [-0.05, 0) is 88.8 Å². The Bertz CT molecular complexity index is 3140. The molecule has 2 fully saturated rings. The first-order valence-electron chi connectivity index (χ1n) is 26.5. The van der Waals surface area contributed by atoms with E-state index in [2.05, 4.69) is 5.32 Å². The number of halogens is 1. The van der Waals surface area contributed by atoms with Gasteiger partial charge in [0.2, 0.25) is 11.8 Å². The van der Waals surface area contributed by atoms with Crippen LogP contribution in [0.1, 0.15) is 46.9 Å². The fraction of sp³-hybridized carbons (Fsp3) is 0.182. The van der Waals surface area contributed by atoms with Crippen LogP contribution in [0.4, 0.5) is 32.3 Å². The highest BCUT2D eigenvalue weighted by molar-refractivity contribution is 6.67. The molecule has 0 radical (unpaired) electrons. The Kier molecular flexibility index (Phi) is 20.3. The summed E-state index contributed by atoms with van der Waals surface area (Å²) in [6.07, 6.45) is 0.673. The summed E-state index contributed by atoms with van der Waals surface area (Å²) >= 11 is 5.60. The van der Waals surface area contributed by atoms with Crippen LogP contribution in [0, 0.1) is 0 Å². The number of hydrogen-bond acceptors (Lipinski definition) is 9. The Morgan fingerprint density at radius 1 is 0.444 bits per heavy atom. The van der Waals surface area contributed by atoms with Crippen molar-refractivity contribution in [2.24, 2.45) is 5.73 Å². The maximum atomic E-state index is 14.2. The minimum Gasteiger partial charge on any atom is -0.467 e. The third-order valence-electron chi connectivity index (χ3n) is 13.9. The first-order chi connectivity index (χ1) is 39.5. The number of para-hydroxylation sites is 4. The molecule has 2 heterocycles. The van der Waals surface area contributed by atoms with Gasteiger partial charge in [0.1, 0.15) is 12.1 Å². The topological polar surface area (TPSA) is 172 Å². The van der Waals surface area contributed by atoms with Crippen LogP contribution in [0.15, 0.2) is 243 Å². The minimum absolute atomic E-state index is 0.124. The summed E-state index contributed by atoms with van der Waals surface area (Å²) in [4.78, 5) is 83.9. The van der Waals surface area contributed by atoms with Gasteiger partial charge in [0.15, 0.2) is 0 Å². The number of benzene rings is 8. The van der Waals surface area contributed by atoms with Crippen LogP contribution in [-0.4, -0.2) is 96.4 Å². The molecular formula is C66H63ClN6O8. The Balaban J connectivity index is 0.000000178. The number of likely N-dealkylation sites (tertiary alicyclic amines) is 2. The summed E-state index contributed by atoms with van der Waals surface area (Å²) in [5, 5.41) is 2.56. The largest absolute Gasteiger partial charge is 0.467 e. The number of anilines is 4. The molecular weight excluding hydrogens is 1040 g/mol. The van der Waals surface area contributed by atoms with E-state index in [0.717, 1.165) is 33.6 Å². The second kappa shape index (κ2) is 28.5. The maximum Gasteiger partial charge on any atom is 0.328 e. The zero-order chi connectivity index (χ0) is 57.1. The lowest BCUT2D eigenvalue weighted by atomic mass is 9.90. The Labute approximate surface area is 477 Å². The molecule has 0 aromatic heterocycles. The molecule has 3 N–H and O–H groups in total. The number of rotatable bonds is 13. The van der Waals surface area contributed by atoms with E-state index in [0.29, 0.717) is 24.3 Å². The van der Waals surface area contributed by atoms with Gasteiger partial charge in [-0.2, -0.15) is 0 Å². The van der Waals surface area contributed by atoms with Gasteiger partial charge in [-0.1, -0.05) is 194 Å². The van der Waals surface area contributed by atoms with Gasteiger partial charge in [0.05, 0.1) is 54.8 Å². The van der Waals surface area contributed by atoms with Gasteiger partial charge in [-0.3, -0.25) is 24.2 Å². The summed E-state index contributed by atoms with van der Waals surface area (Å²) < 4.78 is 9.95. The van der Waals surface area contributed by atoms with Crippen molar-refractivity contribution in [2.45, 2.75) is 48.8 Å². The second-order valence-electron chi connectivity index (χ2n) is 19.2. The zero-order valence-corrected chi connectivity index (χ0v) is 45.7. The lowest BCUT2D eigenvalue weighted by molar-refractivity contribution is -0.151. The van der Waals surface area contributed by atoms with Gasteiger partial charge in [0.25, 0.3) is 0 Å². The zero-order valence-electron chi connectivity index (χ0n) is 44.9. The van der Waals surface area contributed by atoms with Crippen LogP contribution >= 0.6 is 11.6 Å². The Morgan fingerprint density at radius 2 is 0.728 bits per heavy atom. The molecule has 81 heavy (non-hydrogen) atoms. The number of amides is 5. The number of esters is 2. The SMILES string of the molecule is COC(=O)[C@@H]1C[C@H](N)CN1C(=O)C(c1ccccc1)c1ccccc1.COC(=O)[C@@H]1C[C@H](NC(=O)N(c2ccccc2)c2ccccc2)CN1C(=O)C(c1ccccc1)c1ccccc1.O=C(Cl)N(c1ccccc1)c1ccccc1. The molecule has 14 nitrogen and oxygen atoms in total. The van der Waals surface area contributed by atoms with E-state index in [1.165, 1.54) is 19.1 Å². The summed E-state index contributed by atoms with van der Waals surface area (Å²) in [5.41, 5.74) is 12.4. The first kappa shape index (κ1) is 57.8. The normalized spacial score (nSPS) is 16.2. The monoisotopic (exact) mass is 1100 g/mol. The molecule has 0 spiro atoms. The van der Waals surface area contributed by atoms with Crippen molar-refractivity contribution in [1.29, 1.82) is 0 Å². The van der Waals surface area contributed by atoms with E-state index >= 15 is 0 Å². The van der Waals surface area contributed by atoms with Crippen LogP contribution < -0.4 is 20.9 Å². The minimum atomic E-state index is -0.820. The van der Waals surface area contributed by atoms with Gasteiger partial charge in [-0.25, -0.2) is 14.4 Å². The smallest absolute Gasteiger partial charge is 0.328 e. The predicted octanol–water partition coefficient (Wildman–Crippen LogP) is 11.6. The fourth-order valence-electron chi connectivity index (χ4n) is 10.2. The van der Waals surface area contributed by atoms with Crippen molar-refractivity contribution in [3.05, 3.63) is 265 Å². The van der Waals surface area contributed by atoms with Crippen LogP contribution in [0.5, 0.6) is 0 Å². The molecule has 8 aromatic rings. The second-order valence-corrected chi connectivity index (χ2v) is 19.5. The molecule has 412 valence electrons. The molecule has 8 aromatic carbocycles. The lowest BCUT2D eigenvalue weighted by Crippen LogP contribution is -2.46. The number of methoxy groups -OCH3 is 2. The van der Waals surface area contributed by atoms with Crippen molar-refractivity contribution < 1.29 is 38.2 Å². The quantitative estimate of drug-likeness (QED) is 0.0647. The number of carbonyl (C=O) groups excluding carboxylic acids is 6. The Hall–Kier alpha value is -9.37. The highest BCUT2D eigenvalue weighted by atomic mass is 35.5. The average Bonchev–Trinajstić information content (AvgIpc) is 4.18. The molecule has 0 aliphatic carbocycles. The van der Waals surface area contributed by atoms with E-state index in [1.807, 2.05) is 243 Å². The van der Waals surface area contributed by atoms with Gasteiger partial charge >= 0.3 is 23.3 Å². The molecule has 2 aliphatic heterocycles. The Morgan fingerprint density at radius 3 is 1.04 bits per heavy atom. The standard InChI is InChI=1S/C33H31N3O4.C20H22N2O3.C13H10ClNO/c1-40-32(38)29-22-26(34-33(39)36(27-18-10-4-11-19-27)28-20-12-5-13-21-28)23-35(29)31(37)30(24-14-6-2-7-15-24)25-16-8-3-9-17-25;1-25-20(24)17-12-16(21)13-22(17)19(23)18(14-8-4-2-5-9-14)15-10-6-3-7-11-15;14-13(16)15(11-7-3-1-4-8-11)12-9-5-2-6-10-12/h2-21,26,29-30H,22-23H2,1H3,(H,34,39);2-11,16-18H,12-13,21H2,1H3;1-10H/t26-,29-;16-,17-;/m00./s1. The molecule has 5 amide bonds. The van der Waals surface area contributed by atoms with Crippen molar-refractivity contribution in [1.82, 2.24) is 15.1 Å². The van der Waals surface area contributed by atoms with Crippen molar-refractivity contribution in [3.8, 4) is 0 Å². The number of carbonyl (C=O) groups is 6.